The molecular weight excluding hydrogens is 375 g/mol. The third kappa shape index (κ3) is 5.83. The van der Waals surface area contributed by atoms with E-state index in [1.54, 1.807) is 28.8 Å². The van der Waals surface area contributed by atoms with Crippen LogP contribution in [0.15, 0.2) is 54.6 Å². The Labute approximate surface area is 169 Å². The molecule has 0 aromatic heterocycles. The number of piperidine rings is 1. The van der Waals surface area contributed by atoms with Gasteiger partial charge in [-0.05, 0) is 36.5 Å². The van der Waals surface area contributed by atoms with E-state index >= 15 is 0 Å². The number of amides is 2. The van der Waals surface area contributed by atoms with Gasteiger partial charge >= 0.3 is 0 Å². The van der Waals surface area contributed by atoms with Crippen LogP contribution in [0.3, 0.4) is 0 Å². The van der Waals surface area contributed by atoms with Crippen LogP contribution in [0.5, 0.6) is 0 Å². The van der Waals surface area contributed by atoms with Crippen LogP contribution < -0.4 is 5.32 Å². The molecule has 0 bridgehead atoms. The molecule has 0 spiro atoms. The standard InChI is InChI=1S/C22H25FN2O2S/c23-20-9-5-4-8-19(20)22(27)25-12-10-17(11-13-25)14-24-21(26)16-28-15-18-6-2-1-3-7-18/h1-9,17H,10-16H2,(H,24,26). The maximum atomic E-state index is 13.8. The van der Waals surface area contributed by atoms with Crippen LogP contribution >= 0.6 is 11.8 Å². The second kappa shape index (κ2) is 10.3. The number of carbonyl (C=O) groups excluding carboxylic acids is 2. The van der Waals surface area contributed by atoms with Crippen molar-refractivity contribution in [3.8, 4) is 0 Å². The van der Waals surface area contributed by atoms with E-state index in [9.17, 15) is 14.0 Å². The van der Waals surface area contributed by atoms with Crippen molar-refractivity contribution in [3.63, 3.8) is 0 Å². The van der Waals surface area contributed by atoms with E-state index in [4.69, 9.17) is 0 Å². The Bertz CT molecular complexity index is 792. The summed E-state index contributed by atoms with van der Waals surface area (Å²) in [5.41, 5.74) is 1.34. The number of thioether (sulfide) groups is 1. The molecule has 28 heavy (non-hydrogen) atoms. The largest absolute Gasteiger partial charge is 0.355 e. The average Bonchev–Trinajstić information content (AvgIpc) is 2.73. The predicted molar refractivity (Wildman–Crippen MR) is 111 cm³/mol. The number of halogens is 1. The van der Waals surface area contributed by atoms with Crippen LogP contribution in [-0.4, -0.2) is 42.1 Å². The average molecular weight is 401 g/mol. The highest BCUT2D eigenvalue weighted by Crippen LogP contribution is 2.20. The van der Waals surface area contributed by atoms with Crippen molar-refractivity contribution in [2.75, 3.05) is 25.4 Å². The zero-order valence-electron chi connectivity index (χ0n) is 15.8. The fourth-order valence-corrected chi connectivity index (χ4v) is 4.11. The first kappa shape index (κ1) is 20.4. The summed E-state index contributed by atoms with van der Waals surface area (Å²) < 4.78 is 13.8. The highest BCUT2D eigenvalue weighted by molar-refractivity contribution is 7.99. The van der Waals surface area contributed by atoms with Crippen molar-refractivity contribution < 1.29 is 14.0 Å². The van der Waals surface area contributed by atoms with Crippen LogP contribution in [-0.2, 0) is 10.5 Å². The Hall–Kier alpha value is -2.34. The number of nitrogens with zero attached hydrogens (tertiary/aromatic N) is 1. The van der Waals surface area contributed by atoms with Crippen molar-refractivity contribution in [3.05, 3.63) is 71.5 Å². The molecule has 0 radical (unpaired) electrons. The van der Waals surface area contributed by atoms with Crippen molar-refractivity contribution in [2.45, 2.75) is 18.6 Å². The molecular formula is C22H25FN2O2S. The molecule has 1 N–H and O–H groups in total. The van der Waals surface area contributed by atoms with Gasteiger partial charge in [-0.2, -0.15) is 0 Å². The Morgan fingerprint density at radius 3 is 2.43 bits per heavy atom. The van der Waals surface area contributed by atoms with E-state index in [2.05, 4.69) is 17.4 Å². The van der Waals surface area contributed by atoms with E-state index in [-0.39, 0.29) is 17.4 Å². The molecule has 6 heteroatoms. The number of carbonyl (C=O) groups is 2. The van der Waals surface area contributed by atoms with Gasteiger partial charge < -0.3 is 10.2 Å². The second-order valence-corrected chi connectivity index (χ2v) is 7.98. The molecule has 2 aromatic carbocycles. The summed E-state index contributed by atoms with van der Waals surface area (Å²) in [4.78, 5) is 26.2. The zero-order chi connectivity index (χ0) is 19.8. The molecule has 4 nitrogen and oxygen atoms in total. The van der Waals surface area contributed by atoms with Crippen molar-refractivity contribution in [2.24, 2.45) is 5.92 Å². The van der Waals surface area contributed by atoms with Gasteiger partial charge in [0, 0.05) is 25.4 Å². The van der Waals surface area contributed by atoms with E-state index in [1.807, 2.05) is 18.2 Å². The molecule has 2 amide bonds. The zero-order valence-corrected chi connectivity index (χ0v) is 16.6. The Kier molecular flexibility index (Phi) is 7.48. The van der Waals surface area contributed by atoms with Gasteiger partial charge in [0.2, 0.25) is 5.91 Å². The lowest BCUT2D eigenvalue weighted by Gasteiger charge is -2.32. The first-order valence-corrected chi connectivity index (χ1v) is 10.7. The third-order valence-electron chi connectivity index (χ3n) is 4.94. The molecule has 0 aliphatic carbocycles. The van der Waals surface area contributed by atoms with E-state index < -0.39 is 5.82 Å². The van der Waals surface area contributed by atoms with Gasteiger partial charge in [0.1, 0.15) is 5.82 Å². The molecule has 1 aliphatic rings. The van der Waals surface area contributed by atoms with Crippen LogP contribution in [0.25, 0.3) is 0 Å². The third-order valence-corrected chi connectivity index (χ3v) is 5.94. The predicted octanol–water partition coefficient (Wildman–Crippen LogP) is 3.73. The SMILES string of the molecule is O=C(CSCc1ccccc1)NCC1CCN(C(=O)c2ccccc2F)CC1. The summed E-state index contributed by atoms with van der Waals surface area (Å²) in [6, 6.07) is 16.2. The van der Waals surface area contributed by atoms with Gasteiger partial charge in [-0.15, -0.1) is 11.8 Å². The number of rotatable bonds is 7. The minimum absolute atomic E-state index is 0.0470. The van der Waals surface area contributed by atoms with Gasteiger partial charge in [0.25, 0.3) is 5.91 Å². The van der Waals surface area contributed by atoms with Gasteiger partial charge in [0.05, 0.1) is 11.3 Å². The molecule has 0 saturated carbocycles. The second-order valence-electron chi connectivity index (χ2n) is 7.00. The molecule has 1 aliphatic heterocycles. The number of likely N-dealkylation sites (tertiary alicyclic amines) is 1. The number of benzene rings is 2. The number of hydrogen-bond acceptors (Lipinski definition) is 3. The fourth-order valence-electron chi connectivity index (χ4n) is 3.29. The lowest BCUT2D eigenvalue weighted by atomic mass is 9.96. The molecule has 1 heterocycles. The summed E-state index contributed by atoms with van der Waals surface area (Å²) in [5, 5.41) is 3.00. The molecule has 148 valence electrons. The monoisotopic (exact) mass is 400 g/mol. The Morgan fingerprint density at radius 2 is 1.71 bits per heavy atom. The topological polar surface area (TPSA) is 49.4 Å². The van der Waals surface area contributed by atoms with Crippen molar-refractivity contribution in [1.29, 1.82) is 0 Å². The lowest BCUT2D eigenvalue weighted by molar-refractivity contribution is -0.118. The summed E-state index contributed by atoms with van der Waals surface area (Å²) >= 11 is 1.60. The highest BCUT2D eigenvalue weighted by Gasteiger charge is 2.25. The van der Waals surface area contributed by atoms with Crippen LogP contribution in [0, 0.1) is 11.7 Å². The minimum atomic E-state index is -0.477. The van der Waals surface area contributed by atoms with E-state index in [1.165, 1.54) is 17.7 Å². The Morgan fingerprint density at radius 1 is 1.04 bits per heavy atom. The number of nitrogens with one attached hydrogen (secondary N) is 1. The van der Waals surface area contributed by atoms with E-state index in [0.717, 1.165) is 18.6 Å². The van der Waals surface area contributed by atoms with Crippen molar-refractivity contribution >= 4 is 23.6 Å². The molecule has 3 rings (SSSR count). The van der Waals surface area contributed by atoms with Crippen LogP contribution in [0.2, 0.25) is 0 Å². The molecule has 2 aromatic rings. The maximum absolute atomic E-state index is 13.8. The lowest BCUT2D eigenvalue weighted by Crippen LogP contribution is -2.42. The number of hydrogen-bond donors (Lipinski definition) is 1. The molecule has 1 fully saturated rings. The van der Waals surface area contributed by atoms with Gasteiger partial charge in [-0.3, -0.25) is 9.59 Å². The summed E-state index contributed by atoms with van der Waals surface area (Å²) in [7, 11) is 0. The van der Waals surface area contributed by atoms with Gasteiger partial charge in [-0.1, -0.05) is 42.5 Å². The summed E-state index contributed by atoms with van der Waals surface area (Å²) in [6.07, 6.45) is 1.63. The smallest absolute Gasteiger partial charge is 0.256 e. The highest BCUT2D eigenvalue weighted by atomic mass is 32.2. The van der Waals surface area contributed by atoms with Crippen LogP contribution in [0.4, 0.5) is 4.39 Å². The van der Waals surface area contributed by atoms with Crippen LogP contribution in [0.1, 0.15) is 28.8 Å². The first-order chi connectivity index (χ1) is 13.6. The molecule has 0 unspecified atom stereocenters. The minimum Gasteiger partial charge on any atom is -0.355 e. The van der Waals surface area contributed by atoms with Gasteiger partial charge in [0.15, 0.2) is 0 Å². The summed E-state index contributed by atoms with van der Waals surface area (Å²) in [5.74, 6) is 0.941. The summed E-state index contributed by atoms with van der Waals surface area (Å²) in [6.45, 7) is 1.82. The Balaban J connectivity index is 1.34. The normalized spacial score (nSPS) is 14.7. The maximum Gasteiger partial charge on any atom is 0.256 e. The fraction of sp³-hybridized carbons (Fsp3) is 0.364. The molecule has 1 saturated heterocycles. The van der Waals surface area contributed by atoms with E-state index in [0.29, 0.717) is 31.3 Å². The van der Waals surface area contributed by atoms with Gasteiger partial charge in [-0.25, -0.2) is 4.39 Å². The van der Waals surface area contributed by atoms with Crippen molar-refractivity contribution in [1.82, 2.24) is 10.2 Å². The molecule has 0 atom stereocenters. The first-order valence-electron chi connectivity index (χ1n) is 9.55. The quantitative estimate of drug-likeness (QED) is 0.771.